The predicted molar refractivity (Wildman–Crippen MR) is 142 cm³/mol. The summed E-state index contributed by atoms with van der Waals surface area (Å²) in [6.07, 6.45) is 4.81. The Kier molecular flexibility index (Phi) is 5.12. The van der Waals surface area contributed by atoms with E-state index in [0.29, 0.717) is 45.3 Å². The van der Waals surface area contributed by atoms with Crippen molar-refractivity contribution in [2.45, 2.75) is 66.2 Å². The molecule has 37 heavy (non-hydrogen) atoms. The minimum Gasteiger partial charge on any atom is -0.477 e. The van der Waals surface area contributed by atoms with Crippen LogP contribution in [0.4, 0.5) is 8.63 Å². The van der Waals surface area contributed by atoms with Crippen molar-refractivity contribution in [1.29, 1.82) is 0 Å². The molecular weight excluding hydrogens is 495 g/mol. The van der Waals surface area contributed by atoms with E-state index in [1.165, 1.54) is 24.7 Å². The molecule has 1 N–H and O–H groups in total. The van der Waals surface area contributed by atoms with Gasteiger partial charge in [-0.1, -0.05) is 0 Å². The summed E-state index contributed by atoms with van der Waals surface area (Å²) >= 11 is 1.35. The van der Waals surface area contributed by atoms with Gasteiger partial charge in [0.2, 0.25) is 0 Å². The molecule has 6 nitrogen and oxygen atoms in total. The molecule has 192 valence electrons. The van der Waals surface area contributed by atoms with Gasteiger partial charge in [0.25, 0.3) is 5.56 Å². The van der Waals surface area contributed by atoms with E-state index in [2.05, 4.69) is 0 Å². The molecular formula is C27H28BF2N3O3S. The van der Waals surface area contributed by atoms with E-state index < -0.39 is 12.9 Å². The second-order valence-corrected chi connectivity index (χ2v) is 11.8. The molecule has 0 atom stereocenters. The summed E-state index contributed by atoms with van der Waals surface area (Å²) in [5.41, 5.74) is 6.29. The van der Waals surface area contributed by atoms with Crippen LogP contribution in [0.1, 0.15) is 82.5 Å². The van der Waals surface area contributed by atoms with Crippen LogP contribution in [0.3, 0.4) is 0 Å². The Balaban J connectivity index is 1.52. The number of carbonyl (C=O) groups is 1. The number of halogens is 2. The number of hydrogen-bond donors (Lipinski definition) is 1. The second-order valence-electron chi connectivity index (χ2n) is 10.6. The number of aromatic carboxylic acids is 1. The number of carboxylic acids is 1. The van der Waals surface area contributed by atoms with Gasteiger partial charge in [0.1, 0.15) is 16.2 Å². The summed E-state index contributed by atoms with van der Waals surface area (Å²) in [5, 5.41) is 9.73. The Morgan fingerprint density at radius 2 is 1.86 bits per heavy atom. The monoisotopic (exact) mass is 523 g/mol. The first-order valence-electron chi connectivity index (χ1n) is 12.6. The number of aryl methyl sites for hydroxylation is 4. The summed E-state index contributed by atoms with van der Waals surface area (Å²) in [6, 6.07) is 3.38. The van der Waals surface area contributed by atoms with Crippen LogP contribution in [-0.4, -0.2) is 37.1 Å². The first kappa shape index (κ1) is 24.1. The number of aromatic nitrogens is 2. The average Bonchev–Trinajstić information content (AvgIpc) is 3.39. The highest BCUT2D eigenvalue weighted by Crippen LogP contribution is 2.47. The zero-order valence-corrected chi connectivity index (χ0v) is 22.3. The van der Waals surface area contributed by atoms with E-state index in [1.54, 1.807) is 26.8 Å². The lowest BCUT2D eigenvalue weighted by atomic mass is 9.84. The fourth-order valence-electron chi connectivity index (χ4n) is 6.50. The first-order valence-corrected chi connectivity index (χ1v) is 13.4. The van der Waals surface area contributed by atoms with Crippen molar-refractivity contribution in [3.63, 3.8) is 0 Å². The number of pyridine rings is 1. The fourth-order valence-corrected chi connectivity index (χ4v) is 7.75. The highest BCUT2D eigenvalue weighted by atomic mass is 32.1. The predicted octanol–water partition coefficient (Wildman–Crippen LogP) is 5.68. The van der Waals surface area contributed by atoms with Gasteiger partial charge in [-0.05, 0) is 87.7 Å². The van der Waals surface area contributed by atoms with Crippen LogP contribution >= 0.6 is 11.3 Å². The molecule has 3 aromatic heterocycles. The molecule has 0 amide bonds. The zero-order chi connectivity index (χ0) is 26.5. The molecule has 1 aliphatic carbocycles. The lowest BCUT2D eigenvalue weighted by Gasteiger charge is -2.34. The number of rotatable bonds is 5. The Bertz CT molecular complexity index is 1720. The largest absolute Gasteiger partial charge is 0.737 e. The number of allylic oxidation sites excluding steroid dienone is 3. The quantitative estimate of drug-likeness (QED) is 0.438. The first-order chi connectivity index (χ1) is 17.4. The average molecular weight is 523 g/mol. The zero-order valence-electron chi connectivity index (χ0n) is 21.5. The molecule has 0 spiro atoms. The van der Waals surface area contributed by atoms with Crippen molar-refractivity contribution in [2.24, 2.45) is 0 Å². The normalized spacial score (nSPS) is 18.5. The third kappa shape index (κ3) is 3.30. The molecule has 0 radical (unpaired) electrons. The van der Waals surface area contributed by atoms with Crippen molar-refractivity contribution < 1.29 is 23.0 Å². The maximum absolute atomic E-state index is 15.9. The van der Waals surface area contributed by atoms with Gasteiger partial charge in [-0.2, -0.15) is 0 Å². The van der Waals surface area contributed by atoms with Crippen LogP contribution in [-0.2, 0) is 6.42 Å². The standard InChI is InChI=1S/C27H28BF2N3O3S/c1-13-10-15(3)32-23(13)20(24-14(2)11-16(4)33(24)28(32,29)30)9-8-19-12-21(34)31-25(27(35)36)17(5)37-26(31)22(19)18-6-7-18/h10-12,18H,6-9H2,1-5H3,(H,35,36). The maximum atomic E-state index is 15.9. The van der Waals surface area contributed by atoms with E-state index in [9.17, 15) is 14.7 Å². The van der Waals surface area contributed by atoms with Gasteiger partial charge < -0.3 is 22.7 Å². The van der Waals surface area contributed by atoms with Crippen molar-refractivity contribution in [1.82, 2.24) is 8.88 Å². The Hall–Kier alpha value is -3.27. The topological polar surface area (TPSA) is 66.7 Å². The third-order valence-corrected chi connectivity index (χ3v) is 9.06. The van der Waals surface area contributed by atoms with Gasteiger partial charge in [0.05, 0.1) is 0 Å². The van der Waals surface area contributed by atoms with Crippen LogP contribution in [0.15, 0.2) is 34.3 Å². The molecule has 0 aromatic carbocycles. The van der Waals surface area contributed by atoms with E-state index in [1.807, 2.05) is 26.0 Å². The molecule has 0 bridgehead atoms. The van der Waals surface area contributed by atoms with Gasteiger partial charge in [-0.15, -0.1) is 11.3 Å². The number of fused-ring (bicyclic) bond motifs is 3. The lowest BCUT2D eigenvalue weighted by molar-refractivity contribution is -0.363. The molecule has 10 heteroatoms. The Morgan fingerprint density at radius 3 is 2.51 bits per heavy atom. The van der Waals surface area contributed by atoms with Crippen LogP contribution in [0.5, 0.6) is 0 Å². The summed E-state index contributed by atoms with van der Waals surface area (Å²) in [5.74, 6) is -0.825. The van der Waals surface area contributed by atoms with Gasteiger partial charge in [-0.25, -0.2) is 4.79 Å². The Morgan fingerprint density at radius 1 is 1.16 bits per heavy atom. The molecule has 2 aliphatic heterocycles. The van der Waals surface area contributed by atoms with Crippen LogP contribution < -0.4 is 5.56 Å². The SMILES string of the molecule is CC1=CC(C)=[N+]2C1=C(CCc1cc(=O)n3c(C(=O)O)c(C)sc3c1C1CC1)c1c(C)cc(C)n1[B-]2(F)F. The Labute approximate surface area is 216 Å². The van der Waals surface area contributed by atoms with Crippen molar-refractivity contribution in [2.75, 3.05) is 0 Å². The maximum Gasteiger partial charge on any atom is 0.737 e. The highest BCUT2D eigenvalue weighted by Gasteiger charge is 2.54. The highest BCUT2D eigenvalue weighted by molar-refractivity contribution is 7.17. The van der Waals surface area contributed by atoms with E-state index in [-0.39, 0.29) is 17.2 Å². The van der Waals surface area contributed by atoms with Crippen molar-refractivity contribution >= 4 is 40.4 Å². The lowest BCUT2D eigenvalue weighted by Crippen LogP contribution is -2.51. The van der Waals surface area contributed by atoms with Gasteiger partial charge in [0.15, 0.2) is 5.70 Å². The van der Waals surface area contributed by atoms with Crippen molar-refractivity contribution in [3.05, 3.63) is 78.5 Å². The molecule has 1 saturated carbocycles. The van der Waals surface area contributed by atoms with Gasteiger partial charge in [-0.3, -0.25) is 9.20 Å². The number of carboxylic acid groups (broad SMARTS) is 1. The minimum atomic E-state index is -4.02. The van der Waals surface area contributed by atoms with Gasteiger partial charge in [0, 0.05) is 40.8 Å². The molecule has 3 aliphatic rings. The number of hydrogen-bond acceptors (Lipinski definition) is 3. The smallest absolute Gasteiger partial charge is 0.477 e. The number of nitrogens with zero attached hydrogens (tertiary/aromatic N) is 3. The molecule has 0 saturated heterocycles. The van der Waals surface area contributed by atoms with E-state index in [4.69, 9.17) is 0 Å². The third-order valence-electron chi connectivity index (χ3n) is 7.97. The summed E-state index contributed by atoms with van der Waals surface area (Å²) in [6.45, 7) is 4.91. The summed E-state index contributed by atoms with van der Waals surface area (Å²) in [7, 11) is 0. The van der Waals surface area contributed by atoms with E-state index in [0.717, 1.165) is 40.7 Å². The number of thiazole rings is 1. The molecule has 0 unspecified atom stereocenters. The van der Waals surface area contributed by atoms with Crippen molar-refractivity contribution in [3.8, 4) is 0 Å². The summed E-state index contributed by atoms with van der Waals surface area (Å²) in [4.78, 5) is 26.4. The minimum absolute atomic E-state index is 0.0254. The second kappa shape index (κ2) is 7.87. The molecule has 5 heterocycles. The molecule has 1 fully saturated rings. The molecule has 6 rings (SSSR count). The summed E-state index contributed by atoms with van der Waals surface area (Å²) < 4.78 is 35.5. The molecule has 3 aromatic rings. The van der Waals surface area contributed by atoms with Crippen LogP contribution in [0.2, 0.25) is 0 Å². The fraction of sp³-hybridized carbons (Fsp3) is 0.370. The van der Waals surface area contributed by atoms with Crippen LogP contribution in [0.25, 0.3) is 10.4 Å². The van der Waals surface area contributed by atoms with E-state index >= 15 is 8.63 Å². The van der Waals surface area contributed by atoms with Gasteiger partial charge >= 0.3 is 12.9 Å². The van der Waals surface area contributed by atoms with Crippen LogP contribution in [0, 0.1) is 20.8 Å².